The van der Waals surface area contributed by atoms with Crippen LogP contribution in [-0.4, -0.2) is 11.9 Å². The summed E-state index contributed by atoms with van der Waals surface area (Å²) in [4.78, 5) is 25.0. The van der Waals surface area contributed by atoms with Crippen LogP contribution in [0.2, 0.25) is 0 Å². The molecule has 25 heavy (non-hydrogen) atoms. The quantitative estimate of drug-likeness (QED) is 0.828. The highest BCUT2D eigenvalue weighted by molar-refractivity contribution is 6.13. The van der Waals surface area contributed by atoms with Gasteiger partial charge < -0.3 is 5.32 Å². The Hall–Kier alpha value is -2.62. The van der Waals surface area contributed by atoms with Gasteiger partial charge in [-0.3, -0.25) is 10.1 Å². The molecule has 3 fully saturated rings. The highest BCUT2D eigenvalue weighted by Crippen LogP contribution is 2.53. The molecule has 4 heteroatoms. The van der Waals surface area contributed by atoms with Crippen molar-refractivity contribution in [2.45, 2.75) is 43.1 Å². The number of urea groups is 1. The number of imide groups is 1. The third-order valence-electron chi connectivity index (χ3n) is 6.15. The fraction of sp³-hybridized carbons (Fsp3) is 0.333. The Bertz CT molecular complexity index is 908. The zero-order valence-corrected chi connectivity index (χ0v) is 13.8. The molecule has 2 aromatic rings. The highest BCUT2D eigenvalue weighted by Gasteiger charge is 2.55. The maximum Gasteiger partial charge on any atom is 0.322 e. The summed E-state index contributed by atoms with van der Waals surface area (Å²) in [6, 6.07) is 12.5. The van der Waals surface area contributed by atoms with E-state index >= 15 is 0 Å². The van der Waals surface area contributed by atoms with E-state index in [4.69, 9.17) is 0 Å². The van der Waals surface area contributed by atoms with Crippen LogP contribution in [0.25, 0.3) is 11.1 Å². The molecule has 124 valence electrons. The van der Waals surface area contributed by atoms with Crippen molar-refractivity contribution in [1.29, 1.82) is 0 Å². The van der Waals surface area contributed by atoms with E-state index < -0.39 is 11.6 Å². The van der Waals surface area contributed by atoms with Crippen LogP contribution in [0.1, 0.15) is 59.8 Å². The van der Waals surface area contributed by atoms with Gasteiger partial charge in [-0.25, -0.2) is 4.79 Å². The number of benzene rings is 2. The average molecular weight is 330 g/mol. The summed E-state index contributed by atoms with van der Waals surface area (Å²) in [5.41, 5.74) is 5.51. The van der Waals surface area contributed by atoms with Crippen molar-refractivity contribution < 1.29 is 9.59 Å². The Morgan fingerprint density at radius 2 is 1.32 bits per heavy atom. The van der Waals surface area contributed by atoms with Crippen molar-refractivity contribution in [3.05, 3.63) is 58.7 Å². The molecule has 3 aliphatic carbocycles. The molecule has 0 unspecified atom stereocenters. The summed E-state index contributed by atoms with van der Waals surface area (Å²) in [7, 11) is 0. The van der Waals surface area contributed by atoms with E-state index in [0.717, 1.165) is 22.3 Å². The Balaban J connectivity index is 1.63. The minimum atomic E-state index is -1.06. The Labute approximate surface area is 145 Å². The minimum absolute atomic E-state index is 0.251. The number of hydrogen-bond acceptors (Lipinski definition) is 2. The normalized spacial score (nSPS) is 22.6. The van der Waals surface area contributed by atoms with E-state index in [0.29, 0.717) is 11.8 Å². The summed E-state index contributed by atoms with van der Waals surface area (Å²) in [6.45, 7) is 0. The van der Waals surface area contributed by atoms with E-state index in [1.165, 1.54) is 36.8 Å². The molecule has 2 N–H and O–H groups in total. The Morgan fingerprint density at radius 3 is 1.72 bits per heavy atom. The first-order valence-electron chi connectivity index (χ1n) is 9.09. The predicted molar refractivity (Wildman–Crippen MR) is 93.3 cm³/mol. The molecule has 4 aliphatic rings. The van der Waals surface area contributed by atoms with Crippen molar-refractivity contribution in [3.63, 3.8) is 0 Å². The number of amides is 3. The fourth-order valence-electron chi connectivity index (χ4n) is 4.53. The first-order valence-corrected chi connectivity index (χ1v) is 9.09. The molecule has 1 saturated heterocycles. The summed E-state index contributed by atoms with van der Waals surface area (Å²) in [5, 5.41) is 5.44. The van der Waals surface area contributed by atoms with Crippen LogP contribution in [-0.2, 0) is 10.3 Å². The van der Waals surface area contributed by atoms with Gasteiger partial charge in [0.2, 0.25) is 0 Å². The van der Waals surface area contributed by atoms with Crippen LogP contribution < -0.4 is 10.6 Å². The van der Waals surface area contributed by atoms with Crippen LogP contribution in [0, 0.1) is 0 Å². The van der Waals surface area contributed by atoms with Gasteiger partial charge in [-0.1, -0.05) is 36.4 Å². The first kappa shape index (κ1) is 13.6. The molecular weight excluding hydrogens is 312 g/mol. The first-order chi connectivity index (χ1) is 12.2. The lowest BCUT2D eigenvalue weighted by molar-refractivity contribution is -0.122. The Kier molecular flexibility index (Phi) is 2.35. The molecule has 4 nitrogen and oxygen atoms in total. The van der Waals surface area contributed by atoms with Crippen LogP contribution in [0.5, 0.6) is 0 Å². The molecule has 2 aromatic carbocycles. The lowest BCUT2D eigenvalue weighted by atomic mass is 9.85. The monoisotopic (exact) mass is 330 g/mol. The standard InChI is InChI=1S/C21H18N2O2/c24-19-21(23-20(25)22-19)17-9-13(11-1-2-11)5-7-15(17)16-8-6-14(10-18(16)21)12-3-4-12/h5-12H,1-4H2,(H2,22,23,24,25). The maximum atomic E-state index is 12.9. The number of carbonyl (C=O) groups excluding carboxylic acids is 2. The third-order valence-corrected chi connectivity index (χ3v) is 6.15. The molecule has 0 bridgehead atoms. The van der Waals surface area contributed by atoms with Crippen molar-refractivity contribution in [3.8, 4) is 11.1 Å². The van der Waals surface area contributed by atoms with Gasteiger partial charge in [-0.15, -0.1) is 0 Å². The van der Waals surface area contributed by atoms with Crippen LogP contribution in [0.3, 0.4) is 0 Å². The van der Waals surface area contributed by atoms with Crippen LogP contribution in [0.4, 0.5) is 4.79 Å². The molecule has 1 aliphatic heterocycles. The lowest BCUT2D eigenvalue weighted by Gasteiger charge is -2.24. The number of carbonyl (C=O) groups is 2. The van der Waals surface area contributed by atoms with Gasteiger partial charge in [-0.05, 0) is 70.9 Å². The number of nitrogens with one attached hydrogen (secondary N) is 2. The van der Waals surface area contributed by atoms with Gasteiger partial charge in [0.1, 0.15) is 0 Å². The van der Waals surface area contributed by atoms with Crippen LogP contribution >= 0.6 is 0 Å². The Morgan fingerprint density at radius 1 is 0.800 bits per heavy atom. The lowest BCUT2D eigenvalue weighted by Crippen LogP contribution is -2.43. The number of fused-ring (bicyclic) bond motifs is 5. The largest absolute Gasteiger partial charge is 0.322 e. The molecule has 1 spiro atoms. The molecule has 1 heterocycles. The van der Waals surface area contributed by atoms with Gasteiger partial charge in [0, 0.05) is 0 Å². The van der Waals surface area contributed by atoms with Crippen molar-refractivity contribution >= 4 is 11.9 Å². The third kappa shape index (κ3) is 1.72. The summed E-state index contributed by atoms with van der Waals surface area (Å²) in [6.07, 6.45) is 4.85. The average Bonchev–Trinajstić information content (AvgIpc) is 3.52. The topological polar surface area (TPSA) is 58.2 Å². The molecule has 0 radical (unpaired) electrons. The molecule has 6 rings (SSSR count). The summed E-state index contributed by atoms with van der Waals surface area (Å²) < 4.78 is 0. The molecule has 2 saturated carbocycles. The molecular formula is C21H18N2O2. The van der Waals surface area contributed by atoms with E-state index in [1.54, 1.807) is 0 Å². The van der Waals surface area contributed by atoms with Crippen molar-refractivity contribution in [2.75, 3.05) is 0 Å². The van der Waals surface area contributed by atoms with Crippen molar-refractivity contribution in [1.82, 2.24) is 10.6 Å². The van der Waals surface area contributed by atoms with Gasteiger partial charge in [0.15, 0.2) is 5.54 Å². The summed E-state index contributed by atoms with van der Waals surface area (Å²) >= 11 is 0. The number of rotatable bonds is 2. The van der Waals surface area contributed by atoms with E-state index in [1.807, 2.05) is 0 Å². The second kappa shape index (κ2) is 4.31. The van der Waals surface area contributed by atoms with E-state index in [-0.39, 0.29) is 5.91 Å². The smallest absolute Gasteiger partial charge is 0.316 e. The highest BCUT2D eigenvalue weighted by atomic mass is 16.2. The SMILES string of the molecule is O=C1NC(=O)C2(N1)c1cc(C3CC3)ccc1-c1ccc(C3CC3)cc12. The minimum Gasteiger partial charge on any atom is -0.316 e. The molecule has 3 amide bonds. The second-order valence-electron chi connectivity index (χ2n) is 7.82. The van der Waals surface area contributed by atoms with Gasteiger partial charge >= 0.3 is 6.03 Å². The van der Waals surface area contributed by atoms with E-state index in [9.17, 15) is 9.59 Å². The maximum absolute atomic E-state index is 12.9. The van der Waals surface area contributed by atoms with Crippen molar-refractivity contribution in [2.24, 2.45) is 0 Å². The zero-order chi connectivity index (χ0) is 16.8. The van der Waals surface area contributed by atoms with Gasteiger partial charge in [-0.2, -0.15) is 0 Å². The zero-order valence-electron chi connectivity index (χ0n) is 13.8. The summed E-state index contributed by atoms with van der Waals surface area (Å²) in [5.74, 6) is 0.958. The van der Waals surface area contributed by atoms with Gasteiger partial charge in [0.25, 0.3) is 5.91 Å². The molecule has 0 atom stereocenters. The fourth-order valence-corrected chi connectivity index (χ4v) is 4.53. The van der Waals surface area contributed by atoms with E-state index in [2.05, 4.69) is 47.0 Å². The number of hydrogen-bond donors (Lipinski definition) is 2. The van der Waals surface area contributed by atoms with Crippen LogP contribution in [0.15, 0.2) is 36.4 Å². The van der Waals surface area contributed by atoms with Gasteiger partial charge in [0.05, 0.1) is 0 Å². The molecule has 0 aromatic heterocycles. The predicted octanol–water partition coefficient (Wildman–Crippen LogP) is 3.50. The second-order valence-corrected chi connectivity index (χ2v) is 7.82.